The van der Waals surface area contributed by atoms with Gasteiger partial charge in [-0.25, -0.2) is 9.67 Å². The summed E-state index contributed by atoms with van der Waals surface area (Å²) in [6.07, 6.45) is 3.64. The van der Waals surface area contributed by atoms with Crippen LogP contribution in [0.3, 0.4) is 0 Å². The van der Waals surface area contributed by atoms with E-state index in [4.69, 9.17) is 0 Å². The quantitative estimate of drug-likeness (QED) is 0.795. The molecule has 22 heavy (non-hydrogen) atoms. The summed E-state index contributed by atoms with van der Waals surface area (Å²) >= 11 is 0. The van der Waals surface area contributed by atoms with Gasteiger partial charge in [-0.1, -0.05) is 30.3 Å². The minimum Gasteiger partial charge on any atom is -0.295 e. The summed E-state index contributed by atoms with van der Waals surface area (Å²) in [5, 5.41) is 4.21. The minimum atomic E-state index is 0.0918. The van der Waals surface area contributed by atoms with Crippen molar-refractivity contribution in [2.45, 2.75) is 32.9 Å². The van der Waals surface area contributed by atoms with Gasteiger partial charge in [-0.2, -0.15) is 5.10 Å². The van der Waals surface area contributed by atoms with Gasteiger partial charge in [-0.05, 0) is 26.3 Å². The zero-order chi connectivity index (χ0) is 15.4. The van der Waals surface area contributed by atoms with Crippen LogP contribution in [0.2, 0.25) is 0 Å². The molecule has 5 heteroatoms. The van der Waals surface area contributed by atoms with Crippen molar-refractivity contribution in [1.29, 1.82) is 0 Å². The van der Waals surface area contributed by atoms with Crippen molar-refractivity contribution in [2.24, 2.45) is 5.92 Å². The number of rotatable bonds is 5. The molecular formula is C17H22N4O. The average molecular weight is 298 g/mol. The van der Waals surface area contributed by atoms with Crippen LogP contribution in [-0.4, -0.2) is 38.5 Å². The highest BCUT2D eigenvalue weighted by atomic mass is 16.1. The number of hydrogen-bond donors (Lipinski definition) is 0. The molecule has 1 fully saturated rings. The van der Waals surface area contributed by atoms with Gasteiger partial charge in [0.15, 0.2) is 5.78 Å². The first kappa shape index (κ1) is 14.9. The van der Waals surface area contributed by atoms with Crippen LogP contribution in [0.15, 0.2) is 36.7 Å². The average Bonchev–Trinajstić information content (AvgIpc) is 3.02. The number of carbonyl (C=O) groups is 1. The van der Waals surface area contributed by atoms with Crippen LogP contribution in [-0.2, 0) is 13.1 Å². The van der Waals surface area contributed by atoms with Gasteiger partial charge in [0.05, 0.1) is 6.54 Å². The Morgan fingerprint density at radius 2 is 2.14 bits per heavy atom. The highest BCUT2D eigenvalue weighted by molar-refractivity contribution is 5.98. The van der Waals surface area contributed by atoms with Crippen LogP contribution in [0, 0.1) is 5.92 Å². The standard InChI is InChI=1S/C17H22N4O/c1-2-21-16(18-13-19-21)12-20-10-6-9-15(11-20)17(22)14-7-4-3-5-8-14/h3-5,7-8,13,15H,2,6,9-12H2,1H3/t15-/m1/s1. The lowest BCUT2D eigenvalue weighted by Gasteiger charge is -2.31. The van der Waals surface area contributed by atoms with Gasteiger partial charge in [0, 0.05) is 24.6 Å². The first-order valence-corrected chi connectivity index (χ1v) is 7.96. The second-order valence-corrected chi connectivity index (χ2v) is 5.80. The summed E-state index contributed by atoms with van der Waals surface area (Å²) in [7, 11) is 0. The van der Waals surface area contributed by atoms with E-state index in [9.17, 15) is 4.79 Å². The Balaban J connectivity index is 1.65. The number of ketones is 1. The van der Waals surface area contributed by atoms with Crippen LogP contribution in [0.4, 0.5) is 0 Å². The Labute approximate surface area is 131 Å². The van der Waals surface area contributed by atoms with E-state index in [1.54, 1.807) is 6.33 Å². The van der Waals surface area contributed by atoms with E-state index in [1.807, 2.05) is 35.0 Å². The van der Waals surface area contributed by atoms with Crippen LogP contribution >= 0.6 is 0 Å². The van der Waals surface area contributed by atoms with Gasteiger partial charge in [-0.15, -0.1) is 0 Å². The number of aryl methyl sites for hydroxylation is 1. The monoisotopic (exact) mass is 298 g/mol. The first-order chi connectivity index (χ1) is 10.8. The summed E-state index contributed by atoms with van der Waals surface area (Å²) in [6, 6.07) is 9.63. The number of benzene rings is 1. The molecule has 0 bridgehead atoms. The first-order valence-electron chi connectivity index (χ1n) is 7.96. The lowest BCUT2D eigenvalue weighted by atomic mass is 9.90. The van der Waals surface area contributed by atoms with E-state index in [2.05, 4.69) is 21.9 Å². The number of carbonyl (C=O) groups excluding carboxylic acids is 1. The molecule has 0 spiro atoms. The highest BCUT2D eigenvalue weighted by Crippen LogP contribution is 2.22. The molecule has 3 rings (SSSR count). The number of aromatic nitrogens is 3. The predicted molar refractivity (Wildman–Crippen MR) is 84.5 cm³/mol. The smallest absolute Gasteiger partial charge is 0.167 e. The molecule has 116 valence electrons. The topological polar surface area (TPSA) is 51.0 Å². The van der Waals surface area contributed by atoms with Crippen molar-refractivity contribution in [1.82, 2.24) is 19.7 Å². The zero-order valence-electron chi connectivity index (χ0n) is 13.0. The number of piperidine rings is 1. The van der Waals surface area contributed by atoms with Crippen molar-refractivity contribution < 1.29 is 4.79 Å². The molecule has 1 saturated heterocycles. The molecule has 0 N–H and O–H groups in total. The zero-order valence-corrected chi connectivity index (χ0v) is 13.0. The van der Waals surface area contributed by atoms with Gasteiger partial charge in [0.1, 0.15) is 12.2 Å². The Bertz CT molecular complexity index is 623. The fourth-order valence-corrected chi connectivity index (χ4v) is 3.13. The van der Waals surface area contributed by atoms with Crippen LogP contribution < -0.4 is 0 Å². The summed E-state index contributed by atoms with van der Waals surface area (Å²) in [4.78, 5) is 19.3. The maximum absolute atomic E-state index is 12.6. The Morgan fingerprint density at radius 1 is 1.32 bits per heavy atom. The van der Waals surface area contributed by atoms with E-state index >= 15 is 0 Å². The molecule has 0 unspecified atom stereocenters. The van der Waals surface area contributed by atoms with Gasteiger partial charge < -0.3 is 0 Å². The highest BCUT2D eigenvalue weighted by Gasteiger charge is 2.27. The van der Waals surface area contributed by atoms with E-state index in [0.717, 1.165) is 50.4 Å². The maximum atomic E-state index is 12.6. The van der Waals surface area contributed by atoms with Gasteiger partial charge in [-0.3, -0.25) is 9.69 Å². The SMILES string of the molecule is CCn1ncnc1CN1CCC[C@@H](C(=O)c2ccccc2)C1. The number of Topliss-reactive ketones (excluding diaryl/α,β-unsaturated/α-hetero) is 1. The van der Waals surface area contributed by atoms with Gasteiger partial charge in [0.2, 0.25) is 0 Å². The lowest BCUT2D eigenvalue weighted by molar-refractivity contribution is 0.0806. The molecule has 1 aromatic carbocycles. The van der Waals surface area contributed by atoms with E-state index in [-0.39, 0.29) is 11.7 Å². The molecule has 1 aliphatic heterocycles. The van der Waals surface area contributed by atoms with E-state index < -0.39 is 0 Å². The van der Waals surface area contributed by atoms with Crippen molar-refractivity contribution in [3.8, 4) is 0 Å². The fraction of sp³-hybridized carbons (Fsp3) is 0.471. The number of nitrogens with zero attached hydrogens (tertiary/aromatic N) is 4. The maximum Gasteiger partial charge on any atom is 0.167 e. The van der Waals surface area contributed by atoms with Gasteiger partial charge >= 0.3 is 0 Å². The molecule has 0 saturated carbocycles. The summed E-state index contributed by atoms with van der Waals surface area (Å²) < 4.78 is 1.92. The van der Waals surface area contributed by atoms with Crippen molar-refractivity contribution in [3.63, 3.8) is 0 Å². The Kier molecular flexibility index (Phi) is 4.63. The van der Waals surface area contributed by atoms with Crippen molar-refractivity contribution in [2.75, 3.05) is 13.1 Å². The molecule has 2 aromatic rings. The third-order valence-electron chi connectivity index (χ3n) is 4.29. The third kappa shape index (κ3) is 3.25. The minimum absolute atomic E-state index is 0.0918. The van der Waals surface area contributed by atoms with Crippen LogP contribution in [0.5, 0.6) is 0 Å². The molecular weight excluding hydrogens is 276 g/mol. The Hall–Kier alpha value is -2.01. The Morgan fingerprint density at radius 3 is 2.91 bits per heavy atom. The lowest BCUT2D eigenvalue weighted by Crippen LogP contribution is -2.38. The molecule has 1 aromatic heterocycles. The summed E-state index contributed by atoms with van der Waals surface area (Å²) in [5.41, 5.74) is 0.825. The summed E-state index contributed by atoms with van der Waals surface area (Å²) in [6.45, 7) is 5.50. The molecule has 0 aliphatic carbocycles. The molecule has 0 radical (unpaired) electrons. The van der Waals surface area contributed by atoms with Crippen LogP contribution in [0.25, 0.3) is 0 Å². The molecule has 2 heterocycles. The number of likely N-dealkylation sites (tertiary alicyclic amines) is 1. The van der Waals surface area contributed by atoms with Gasteiger partial charge in [0.25, 0.3) is 0 Å². The number of hydrogen-bond acceptors (Lipinski definition) is 4. The second-order valence-electron chi connectivity index (χ2n) is 5.80. The molecule has 1 atom stereocenters. The predicted octanol–water partition coefficient (Wildman–Crippen LogP) is 2.39. The molecule has 5 nitrogen and oxygen atoms in total. The third-order valence-corrected chi connectivity index (χ3v) is 4.29. The largest absolute Gasteiger partial charge is 0.295 e. The summed E-state index contributed by atoms with van der Waals surface area (Å²) in [5.74, 6) is 1.34. The van der Waals surface area contributed by atoms with Crippen LogP contribution in [0.1, 0.15) is 35.9 Å². The van der Waals surface area contributed by atoms with Crippen molar-refractivity contribution >= 4 is 5.78 Å². The van der Waals surface area contributed by atoms with Crippen molar-refractivity contribution in [3.05, 3.63) is 48.0 Å². The molecule has 1 aliphatic rings. The fourth-order valence-electron chi connectivity index (χ4n) is 3.13. The second kappa shape index (κ2) is 6.83. The van der Waals surface area contributed by atoms with E-state index in [1.165, 1.54) is 0 Å². The van der Waals surface area contributed by atoms with E-state index in [0.29, 0.717) is 0 Å². The normalized spacial score (nSPS) is 19.2. The molecule has 0 amide bonds.